The van der Waals surface area contributed by atoms with Gasteiger partial charge in [0.05, 0.1) is 5.92 Å². The minimum atomic E-state index is -1.03. The van der Waals surface area contributed by atoms with Gasteiger partial charge < -0.3 is 10.2 Å². The van der Waals surface area contributed by atoms with E-state index in [1.54, 1.807) is 31.2 Å². The Bertz CT molecular complexity index is 502. The molecule has 1 heterocycles. The second-order valence-corrected chi connectivity index (χ2v) is 5.17. The summed E-state index contributed by atoms with van der Waals surface area (Å²) in [4.78, 5) is 22.5. The van der Waals surface area contributed by atoms with E-state index in [1.807, 2.05) is 0 Å². The number of hydrogen-bond donors (Lipinski definition) is 3. The van der Waals surface area contributed by atoms with Crippen molar-refractivity contribution in [3.8, 4) is 0 Å². The molecule has 1 saturated heterocycles. The van der Waals surface area contributed by atoms with Crippen molar-refractivity contribution in [2.45, 2.75) is 19.0 Å². The summed E-state index contributed by atoms with van der Waals surface area (Å²) in [6.45, 7) is 1.64. The second kappa shape index (κ2) is 5.19. The number of nitrogens with one attached hydrogen (secondary N) is 1. The Kier molecular flexibility index (Phi) is 3.78. The highest BCUT2D eigenvalue weighted by molar-refractivity contribution is 6.30. The van der Waals surface area contributed by atoms with E-state index in [4.69, 9.17) is 16.7 Å². The lowest BCUT2D eigenvalue weighted by molar-refractivity contribution is -0.144. The summed E-state index contributed by atoms with van der Waals surface area (Å²) < 4.78 is 0. The van der Waals surface area contributed by atoms with Gasteiger partial charge in [-0.3, -0.25) is 14.9 Å². The summed E-state index contributed by atoms with van der Waals surface area (Å²) in [6.07, 6.45) is 0. The van der Waals surface area contributed by atoms with E-state index in [-0.39, 0.29) is 0 Å². The van der Waals surface area contributed by atoms with Crippen molar-refractivity contribution in [3.05, 3.63) is 34.9 Å². The Morgan fingerprint density at radius 3 is 2.21 bits per heavy atom. The summed E-state index contributed by atoms with van der Waals surface area (Å²) in [5.41, 5.74) is 0.729. The first-order chi connectivity index (χ1) is 8.91. The van der Waals surface area contributed by atoms with Crippen molar-refractivity contribution < 1.29 is 19.8 Å². The fourth-order valence-corrected chi connectivity index (χ4v) is 2.72. The van der Waals surface area contributed by atoms with Gasteiger partial charge in [0.15, 0.2) is 0 Å². The predicted molar refractivity (Wildman–Crippen MR) is 69.0 cm³/mol. The molecule has 102 valence electrons. The predicted octanol–water partition coefficient (Wildman–Crippen LogP) is 1.77. The number of aliphatic carboxylic acids is 2. The van der Waals surface area contributed by atoms with Crippen LogP contribution in [-0.2, 0) is 9.59 Å². The van der Waals surface area contributed by atoms with Crippen LogP contribution in [0, 0.1) is 11.8 Å². The molecule has 0 amide bonds. The summed E-state index contributed by atoms with van der Waals surface area (Å²) >= 11 is 5.79. The van der Waals surface area contributed by atoms with E-state index >= 15 is 0 Å². The lowest BCUT2D eigenvalue weighted by atomic mass is 9.86. The zero-order valence-corrected chi connectivity index (χ0v) is 11.0. The molecule has 6 heteroatoms. The minimum absolute atomic E-state index is 0.490. The number of halogens is 1. The number of benzene rings is 1. The van der Waals surface area contributed by atoms with Gasteiger partial charge in [0, 0.05) is 11.1 Å². The van der Waals surface area contributed by atoms with E-state index in [0.717, 1.165) is 5.56 Å². The van der Waals surface area contributed by atoms with Crippen LogP contribution in [-0.4, -0.2) is 28.2 Å². The molecule has 1 aliphatic rings. The van der Waals surface area contributed by atoms with Gasteiger partial charge in [-0.2, -0.15) is 0 Å². The average molecular weight is 284 g/mol. The minimum Gasteiger partial charge on any atom is -0.481 e. The Morgan fingerprint density at radius 2 is 1.74 bits per heavy atom. The Hall–Kier alpha value is -1.59. The SMILES string of the molecule is C[C@H]1[C@H](C(=O)O)[C@@H](c2ccc(Cl)cc2)N[C@H]1C(=O)O. The smallest absolute Gasteiger partial charge is 0.321 e. The number of carboxylic acid groups (broad SMARTS) is 2. The van der Waals surface area contributed by atoms with Gasteiger partial charge in [-0.05, 0) is 23.6 Å². The fourth-order valence-electron chi connectivity index (χ4n) is 2.60. The standard InChI is InChI=1S/C13H14ClNO4/c1-6-9(12(16)17)11(15-10(6)13(18)19)7-2-4-8(14)5-3-7/h2-6,9-11,15H,1H3,(H,16,17)(H,18,19)/t6-,9-,10+,11+/m0/s1. The Labute approximate surface area is 115 Å². The lowest BCUT2D eigenvalue weighted by Crippen LogP contribution is -2.35. The third kappa shape index (κ3) is 2.57. The molecule has 0 radical (unpaired) electrons. The molecule has 1 fully saturated rings. The van der Waals surface area contributed by atoms with E-state index in [9.17, 15) is 14.7 Å². The molecular weight excluding hydrogens is 270 g/mol. The van der Waals surface area contributed by atoms with Crippen LogP contribution >= 0.6 is 11.6 Å². The third-order valence-electron chi connectivity index (χ3n) is 3.59. The van der Waals surface area contributed by atoms with E-state index < -0.39 is 35.9 Å². The van der Waals surface area contributed by atoms with Gasteiger partial charge in [-0.15, -0.1) is 0 Å². The molecule has 19 heavy (non-hydrogen) atoms. The molecule has 3 N–H and O–H groups in total. The van der Waals surface area contributed by atoms with E-state index in [1.165, 1.54) is 0 Å². The molecule has 4 atom stereocenters. The van der Waals surface area contributed by atoms with Gasteiger partial charge in [-0.25, -0.2) is 0 Å². The van der Waals surface area contributed by atoms with Crippen molar-refractivity contribution in [3.63, 3.8) is 0 Å². The largest absolute Gasteiger partial charge is 0.481 e. The molecule has 0 aliphatic carbocycles. The fraction of sp³-hybridized carbons (Fsp3) is 0.385. The molecule has 0 spiro atoms. The third-order valence-corrected chi connectivity index (χ3v) is 3.84. The topological polar surface area (TPSA) is 86.6 Å². The molecule has 1 aromatic carbocycles. The van der Waals surface area contributed by atoms with Crippen molar-refractivity contribution in [1.29, 1.82) is 0 Å². The monoisotopic (exact) mass is 283 g/mol. The molecule has 0 saturated carbocycles. The normalized spacial score (nSPS) is 30.2. The van der Waals surface area contributed by atoms with Crippen LogP contribution in [0.1, 0.15) is 18.5 Å². The van der Waals surface area contributed by atoms with Crippen LogP contribution in [0.15, 0.2) is 24.3 Å². The second-order valence-electron chi connectivity index (χ2n) is 4.73. The zero-order valence-electron chi connectivity index (χ0n) is 10.2. The van der Waals surface area contributed by atoms with Gasteiger partial charge in [0.1, 0.15) is 6.04 Å². The summed E-state index contributed by atoms with van der Waals surface area (Å²) in [5.74, 6) is -3.29. The lowest BCUT2D eigenvalue weighted by Gasteiger charge is -2.18. The highest BCUT2D eigenvalue weighted by Gasteiger charge is 2.47. The Balaban J connectivity index is 2.35. The highest BCUT2D eigenvalue weighted by Crippen LogP contribution is 2.37. The van der Waals surface area contributed by atoms with Gasteiger partial charge in [-0.1, -0.05) is 30.7 Å². The maximum absolute atomic E-state index is 11.4. The quantitative estimate of drug-likeness (QED) is 0.787. The van der Waals surface area contributed by atoms with Crippen LogP contribution in [0.5, 0.6) is 0 Å². The average Bonchev–Trinajstić information content (AvgIpc) is 2.68. The molecule has 5 nitrogen and oxygen atoms in total. The molecule has 0 aromatic heterocycles. The van der Waals surface area contributed by atoms with Crippen molar-refractivity contribution in [2.75, 3.05) is 0 Å². The molecule has 1 aliphatic heterocycles. The number of rotatable bonds is 3. The van der Waals surface area contributed by atoms with E-state index in [0.29, 0.717) is 5.02 Å². The maximum Gasteiger partial charge on any atom is 0.321 e. The maximum atomic E-state index is 11.4. The molecule has 1 aromatic rings. The Morgan fingerprint density at radius 1 is 1.16 bits per heavy atom. The first kappa shape index (κ1) is 13.8. The van der Waals surface area contributed by atoms with E-state index in [2.05, 4.69) is 5.32 Å². The van der Waals surface area contributed by atoms with Crippen LogP contribution < -0.4 is 5.32 Å². The first-order valence-electron chi connectivity index (χ1n) is 5.89. The van der Waals surface area contributed by atoms with Crippen molar-refractivity contribution >= 4 is 23.5 Å². The van der Waals surface area contributed by atoms with Crippen LogP contribution in [0.2, 0.25) is 5.02 Å². The molecule has 2 rings (SSSR count). The number of carbonyl (C=O) groups is 2. The number of hydrogen-bond acceptors (Lipinski definition) is 3. The number of carboxylic acids is 2. The van der Waals surface area contributed by atoms with Gasteiger partial charge in [0.25, 0.3) is 0 Å². The molecule has 0 bridgehead atoms. The summed E-state index contributed by atoms with van der Waals surface area (Å²) in [5, 5.41) is 21.9. The van der Waals surface area contributed by atoms with Crippen LogP contribution in [0.4, 0.5) is 0 Å². The first-order valence-corrected chi connectivity index (χ1v) is 6.26. The van der Waals surface area contributed by atoms with Gasteiger partial charge in [0.2, 0.25) is 0 Å². The summed E-state index contributed by atoms with van der Waals surface area (Å²) in [7, 11) is 0. The highest BCUT2D eigenvalue weighted by atomic mass is 35.5. The van der Waals surface area contributed by atoms with Crippen LogP contribution in [0.3, 0.4) is 0 Å². The van der Waals surface area contributed by atoms with Crippen molar-refractivity contribution in [1.82, 2.24) is 5.32 Å². The summed E-state index contributed by atoms with van der Waals surface area (Å²) in [6, 6.07) is 5.37. The van der Waals surface area contributed by atoms with Gasteiger partial charge >= 0.3 is 11.9 Å². The van der Waals surface area contributed by atoms with Crippen molar-refractivity contribution in [2.24, 2.45) is 11.8 Å². The molecule has 0 unspecified atom stereocenters. The zero-order chi connectivity index (χ0) is 14.2. The molecular formula is C13H14ClNO4. The van der Waals surface area contributed by atoms with Crippen LogP contribution in [0.25, 0.3) is 0 Å².